The summed E-state index contributed by atoms with van der Waals surface area (Å²) in [4.78, 5) is 36.4. The van der Waals surface area contributed by atoms with E-state index in [0.717, 1.165) is 50.5 Å². The summed E-state index contributed by atoms with van der Waals surface area (Å²) in [6.07, 6.45) is 12.3. The van der Waals surface area contributed by atoms with Crippen molar-refractivity contribution >= 4 is 17.7 Å². The Hall–Kier alpha value is -1.91. The first-order valence-corrected chi connectivity index (χ1v) is 11.4. The van der Waals surface area contributed by atoms with E-state index in [1.807, 2.05) is 0 Å². The molecule has 2 saturated carbocycles. The van der Waals surface area contributed by atoms with Crippen LogP contribution in [0.3, 0.4) is 0 Å². The Morgan fingerprint density at radius 3 is 2.40 bits per heavy atom. The second-order valence-electron chi connectivity index (χ2n) is 10.2. The summed E-state index contributed by atoms with van der Waals surface area (Å²) in [7, 11) is 0. The molecule has 4 rings (SSSR count). The van der Waals surface area contributed by atoms with E-state index in [2.05, 4.69) is 26.0 Å². The quantitative estimate of drug-likeness (QED) is 0.493. The van der Waals surface area contributed by atoms with E-state index in [9.17, 15) is 14.4 Å². The third-order valence-electron chi connectivity index (χ3n) is 8.78. The van der Waals surface area contributed by atoms with E-state index < -0.39 is 11.6 Å². The number of Topliss-reactive ketones (excluding diaryl/α,β-unsaturated/α-hetero) is 1. The molecule has 0 unspecified atom stereocenters. The summed E-state index contributed by atoms with van der Waals surface area (Å²) in [6, 6.07) is 0. The van der Waals surface area contributed by atoms with E-state index in [0.29, 0.717) is 0 Å². The van der Waals surface area contributed by atoms with Crippen LogP contribution in [0.15, 0.2) is 23.3 Å². The average molecular weight is 415 g/mol. The van der Waals surface area contributed by atoms with Crippen molar-refractivity contribution in [3.63, 3.8) is 0 Å². The molecule has 0 radical (unpaired) electrons. The first-order valence-electron chi connectivity index (χ1n) is 11.4. The molecule has 164 valence electrons. The van der Waals surface area contributed by atoms with Crippen LogP contribution in [-0.2, 0) is 23.9 Å². The Labute approximate surface area is 179 Å². The van der Waals surface area contributed by atoms with Crippen molar-refractivity contribution in [3.05, 3.63) is 23.3 Å². The predicted molar refractivity (Wildman–Crippen MR) is 112 cm³/mol. The van der Waals surface area contributed by atoms with Gasteiger partial charge in [0.2, 0.25) is 0 Å². The maximum Gasteiger partial charge on any atom is 0.303 e. The van der Waals surface area contributed by atoms with Gasteiger partial charge in [-0.2, -0.15) is 0 Å². The zero-order chi connectivity index (χ0) is 21.7. The number of allylic oxidation sites excluding steroid dienone is 2. The number of carbonyl (C=O) groups is 3. The topological polar surface area (TPSA) is 69.7 Å². The maximum atomic E-state index is 12.9. The van der Waals surface area contributed by atoms with Gasteiger partial charge in [0.25, 0.3) is 0 Å². The minimum Gasteiger partial charge on any atom is -0.458 e. The highest BCUT2D eigenvalue weighted by Gasteiger charge is 2.66. The zero-order valence-electron chi connectivity index (χ0n) is 18.7. The average Bonchev–Trinajstić information content (AvgIpc) is 3.03. The molecule has 4 aliphatic carbocycles. The van der Waals surface area contributed by atoms with Gasteiger partial charge in [-0.15, -0.1) is 0 Å². The fourth-order valence-corrected chi connectivity index (χ4v) is 7.35. The summed E-state index contributed by atoms with van der Waals surface area (Å²) >= 11 is 0. The lowest BCUT2D eigenvalue weighted by Gasteiger charge is -2.63. The Kier molecular flexibility index (Phi) is 5.22. The predicted octanol–water partition coefficient (Wildman–Crippen LogP) is 4.69. The number of carbonyl (C=O) groups excluding carboxylic acids is 3. The number of esters is 2. The summed E-state index contributed by atoms with van der Waals surface area (Å²) in [6.45, 7) is 7.16. The van der Waals surface area contributed by atoms with Gasteiger partial charge in [0.05, 0.1) is 0 Å². The Morgan fingerprint density at radius 1 is 0.967 bits per heavy atom. The Balaban J connectivity index is 1.69. The summed E-state index contributed by atoms with van der Waals surface area (Å²) in [5, 5.41) is 0. The molecule has 5 atom stereocenters. The molecule has 0 aromatic rings. The standard InChI is InChI=1S/C25H34O5/c1-16(26)29-15-22(28)21-11-10-19-20-9-8-18-7-5-6-12-24(18,4)25(20,30-17(2)27)14-13-23(19,21)3/h8,11,19-20H,5-7,9-10,12-15H2,1-4H3/t19-,20-,23-,24-,25+/m0/s1. The summed E-state index contributed by atoms with van der Waals surface area (Å²) in [5.41, 5.74) is 1.39. The van der Waals surface area contributed by atoms with Crippen LogP contribution < -0.4 is 0 Å². The third kappa shape index (κ3) is 2.99. The van der Waals surface area contributed by atoms with Crippen LogP contribution in [0.2, 0.25) is 0 Å². The second-order valence-corrected chi connectivity index (χ2v) is 10.2. The lowest BCUT2D eigenvalue weighted by molar-refractivity contribution is -0.212. The number of ether oxygens (including phenoxy) is 2. The van der Waals surface area contributed by atoms with Crippen molar-refractivity contribution in [1.29, 1.82) is 0 Å². The van der Waals surface area contributed by atoms with Crippen LogP contribution in [0.4, 0.5) is 0 Å². The summed E-state index contributed by atoms with van der Waals surface area (Å²) < 4.78 is 11.3. The van der Waals surface area contributed by atoms with Gasteiger partial charge in [0.15, 0.2) is 12.4 Å². The number of hydrogen-bond acceptors (Lipinski definition) is 5. The molecule has 0 N–H and O–H groups in total. The molecule has 30 heavy (non-hydrogen) atoms. The van der Waals surface area contributed by atoms with Gasteiger partial charge in [0, 0.05) is 30.8 Å². The SMILES string of the molecule is CC(=O)OCC(=O)C1=CC[C@H]2[C@@H]3CC=C4CCCC[C@]4(C)[C@@]3(OC(C)=O)CC[C@]12C. The Morgan fingerprint density at radius 2 is 1.70 bits per heavy atom. The highest BCUT2D eigenvalue weighted by molar-refractivity contribution is 5.99. The van der Waals surface area contributed by atoms with Gasteiger partial charge in [-0.1, -0.05) is 38.0 Å². The van der Waals surface area contributed by atoms with E-state index in [-0.39, 0.29) is 41.0 Å². The van der Waals surface area contributed by atoms with Gasteiger partial charge >= 0.3 is 11.9 Å². The molecule has 5 heteroatoms. The molecular weight excluding hydrogens is 380 g/mol. The second kappa shape index (κ2) is 7.35. The fraction of sp³-hybridized carbons (Fsp3) is 0.720. The molecular formula is C25H34O5. The lowest BCUT2D eigenvalue weighted by Crippen LogP contribution is -2.64. The molecule has 0 aromatic carbocycles. The Bertz CT molecular complexity index is 838. The molecule has 0 spiro atoms. The minimum absolute atomic E-state index is 0.0916. The molecule has 2 fully saturated rings. The number of ketones is 1. The minimum atomic E-state index is -0.490. The number of rotatable bonds is 4. The molecule has 0 bridgehead atoms. The van der Waals surface area contributed by atoms with Crippen LogP contribution in [0.1, 0.15) is 79.1 Å². The van der Waals surface area contributed by atoms with E-state index >= 15 is 0 Å². The highest BCUT2D eigenvalue weighted by Crippen LogP contribution is 2.68. The maximum absolute atomic E-state index is 12.9. The van der Waals surface area contributed by atoms with Crippen LogP contribution in [0.5, 0.6) is 0 Å². The van der Waals surface area contributed by atoms with Crippen molar-refractivity contribution in [2.45, 2.75) is 84.7 Å². The van der Waals surface area contributed by atoms with Crippen molar-refractivity contribution in [3.8, 4) is 0 Å². The van der Waals surface area contributed by atoms with Gasteiger partial charge in [-0.05, 0) is 56.3 Å². The largest absolute Gasteiger partial charge is 0.458 e. The fourth-order valence-electron chi connectivity index (χ4n) is 7.35. The molecule has 5 nitrogen and oxygen atoms in total. The number of hydrogen-bond donors (Lipinski definition) is 0. The highest BCUT2D eigenvalue weighted by atomic mass is 16.6. The van der Waals surface area contributed by atoms with Crippen molar-refractivity contribution in [2.24, 2.45) is 22.7 Å². The molecule has 0 aromatic heterocycles. The zero-order valence-corrected chi connectivity index (χ0v) is 18.7. The van der Waals surface area contributed by atoms with Gasteiger partial charge in [0.1, 0.15) is 5.60 Å². The normalized spacial score (nSPS) is 39.6. The number of fused-ring (bicyclic) bond motifs is 5. The van der Waals surface area contributed by atoms with Gasteiger partial charge in [-0.3, -0.25) is 14.4 Å². The van der Waals surface area contributed by atoms with Gasteiger partial charge in [-0.25, -0.2) is 0 Å². The molecule has 0 aliphatic heterocycles. The van der Waals surface area contributed by atoms with Crippen molar-refractivity contribution < 1.29 is 23.9 Å². The smallest absolute Gasteiger partial charge is 0.303 e. The summed E-state index contributed by atoms with van der Waals surface area (Å²) in [5.74, 6) is -0.281. The molecule has 0 heterocycles. The first-order chi connectivity index (χ1) is 14.1. The van der Waals surface area contributed by atoms with Crippen molar-refractivity contribution in [1.82, 2.24) is 0 Å². The molecule has 4 aliphatic rings. The third-order valence-corrected chi connectivity index (χ3v) is 8.78. The van der Waals surface area contributed by atoms with E-state index in [4.69, 9.17) is 9.47 Å². The van der Waals surface area contributed by atoms with Crippen LogP contribution in [0.25, 0.3) is 0 Å². The van der Waals surface area contributed by atoms with Crippen molar-refractivity contribution in [2.75, 3.05) is 6.61 Å². The monoisotopic (exact) mass is 414 g/mol. The molecule has 0 saturated heterocycles. The van der Waals surface area contributed by atoms with E-state index in [1.54, 1.807) is 0 Å². The first kappa shape index (κ1) is 21.3. The van der Waals surface area contributed by atoms with Gasteiger partial charge < -0.3 is 9.47 Å². The van der Waals surface area contributed by atoms with Crippen LogP contribution in [0, 0.1) is 22.7 Å². The van der Waals surface area contributed by atoms with Crippen LogP contribution >= 0.6 is 0 Å². The van der Waals surface area contributed by atoms with Crippen LogP contribution in [-0.4, -0.2) is 29.9 Å². The van der Waals surface area contributed by atoms with E-state index in [1.165, 1.54) is 25.8 Å². The lowest BCUT2D eigenvalue weighted by atomic mass is 9.45. The molecule has 0 amide bonds.